The maximum atomic E-state index is 12.3. The van der Waals surface area contributed by atoms with Gasteiger partial charge in [0.25, 0.3) is 0 Å². The summed E-state index contributed by atoms with van der Waals surface area (Å²) in [4.78, 5) is 27.6. The smallest absolute Gasteiger partial charge is 0.355 e. The number of aromatic amines is 1. The molecule has 128 valence electrons. The summed E-state index contributed by atoms with van der Waals surface area (Å²) in [6, 6.07) is 12.6. The highest BCUT2D eigenvalue weighted by molar-refractivity contribution is 6.02. The van der Waals surface area contributed by atoms with Crippen LogP contribution in [0.5, 0.6) is 5.75 Å². The number of benzene rings is 2. The van der Waals surface area contributed by atoms with Crippen molar-refractivity contribution in [1.29, 1.82) is 0 Å². The van der Waals surface area contributed by atoms with Crippen LogP contribution in [0.25, 0.3) is 10.9 Å². The minimum atomic E-state index is -0.559. The molecule has 0 atom stereocenters. The van der Waals surface area contributed by atoms with Crippen LogP contribution in [0.1, 0.15) is 32.0 Å². The van der Waals surface area contributed by atoms with Crippen molar-refractivity contribution in [1.82, 2.24) is 4.98 Å². The third-order valence-electron chi connectivity index (χ3n) is 4.05. The summed E-state index contributed by atoms with van der Waals surface area (Å²) in [7, 11) is 1.49. The Hall–Kier alpha value is -3.08. The van der Waals surface area contributed by atoms with E-state index in [0.29, 0.717) is 17.0 Å². The number of fused-ring (bicyclic) bond motifs is 1. The molecule has 0 unspecified atom stereocenters. The van der Waals surface area contributed by atoms with E-state index < -0.39 is 5.97 Å². The van der Waals surface area contributed by atoms with Gasteiger partial charge in [-0.1, -0.05) is 18.2 Å². The highest BCUT2D eigenvalue weighted by atomic mass is 16.5. The van der Waals surface area contributed by atoms with E-state index in [0.717, 1.165) is 22.0 Å². The third kappa shape index (κ3) is 3.40. The van der Waals surface area contributed by atoms with Gasteiger partial charge in [0.1, 0.15) is 11.4 Å². The highest BCUT2D eigenvalue weighted by Gasteiger charge is 2.17. The van der Waals surface area contributed by atoms with Crippen molar-refractivity contribution >= 4 is 22.7 Å². The monoisotopic (exact) mass is 337 g/mol. The fraction of sp³-hybridized carbons (Fsp3) is 0.200. The Kier molecular flexibility index (Phi) is 4.57. The number of H-pyrrole nitrogens is 1. The Bertz CT molecular complexity index is 955. The SMILES string of the molecule is COc1ccccc1C(=O)COC(=O)c1cc2c(C)cc(C)cc2[nH]1. The van der Waals surface area contributed by atoms with Gasteiger partial charge >= 0.3 is 5.97 Å². The molecule has 5 nitrogen and oxygen atoms in total. The van der Waals surface area contributed by atoms with Crippen LogP contribution in [0.2, 0.25) is 0 Å². The predicted octanol–water partition coefficient (Wildman–Crippen LogP) is 3.83. The molecule has 25 heavy (non-hydrogen) atoms. The molecule has 1 N–H and O–H groups in total. The second-order valence-corrected chi connectivity index (χ2v) is 5.93. The van der Waals surface area contributed by atoms with Gasteiger partial charge in [0.15, 0.2) is 6.61 Å². The summed E-state index contributed by atoms with van der Waals surface area (Å²) in [6.45, 7) is 3.65. The van der Waals surface area contributed by atoms with Crippen molar-refractivity contribution < 1.29 is 19.1 Å². The van der Waals surface area contributed by atoms with Crippen molar-refractivity contribution in [2.75, 3.05) is 13.7 Å². The van der Waals surface area contributed by atoms with Crippen LogP contribution in [0, 0.1) is 13.8 Å². The molecule has 0 saturated heterocycles. The van der Waals surface area contributed by atoms with Gasteiger partial charge in [-0.2, -0.15) is 0 Å². The molecule has 0 radical (unpaired) electrons. The van der Waals surface area contributed by atoms with E-state index >= 15 is 0 Å². The molecule has 5 heteroatoms. The van der Waals surface area contributed by atoms with Gasteiger partial charge in [-0.3, -0.25) is 4.79 Å². The summed E-state index contributed by atoms with van der Waals surface area (Å²) in [5.74, 6) is -0.411. The molecule has 0 aliphatic carbocycles. The molecule has 0 bridgehead atoms. The molecule has 2 aromatic carbocycles. The first-order valence-corrected chi connectivity index (χ1v) is 7.93. The number of carbonyl (C=O) groups excluding carboxylic acids is 2. The summed E-state index contributed by atoms with van der Waals surface area (Å²) < 4.78 is 10.3. The fourth-order valence-electron chi connectivity index (χ4n) is 2.87. The lowest BCUT2D eigenvalue weighted by molar-refractivity contribution is 0.0469. The molecule has 0 aliphatic heterocycles. The maximum absolute atomic E-state index is 12.3. The van der Waals surface area contributed by atoms with Crippen LogP contribution in [0.15, 0.2) is 42.5 Å². The van der Waals surface area contributed by atoms with E-state index in [9.17, 15) is 9.59 Å². The van der Waals surface area contributed by atoms with E-state index in [-0.39, 0.29) is 12.4 Å². The quantitative estimate of drug-likeness (QED) is 0.567. The predicted molar refractivity (Wildman–Crippen MR) is 95.4 cm³/mol. The van der Waals surface area contributed by atoms with E-state index in [1.807, 2.05) is 19.9 Å². The minimum Gasteiger partial charge on any atom is -0.496 e. The molecule has 0 fully saturated rings. The number of ketones is 1. The topological polar surface area (TPSA) is 68.4 Å². The van der Waals surface area contributed by atoms with Crippen LogP contribution in [0.3, 0.4) is 0 Å². The Morgan fingerprint density at radius 2 is 1.84 bits per heavy atom. The molecule has 1 aromatic heterocycles. The van der Waals surface area contributed by atoms with Crippen LogP contribution >= 0.6 is 0 Å². The largest absolute Gasteiger partial charge is 0.496 e. The van der Waals surface area contributed by atoms with Crippen molar-refractivity contribution in [2.24, 2.45) is 0 Å². The number of Topliss-reactive ketones (excluding diaryl/α,β-unsaturated/α-hetero) is 1. The lowest BCUT2D eigenvalue weighted by atomic mass is 10.1. The van der Waals surface area contributed by atoms with E-state index in [1.54, 1.807) is 30.3 Å². The summed E-state index contributed by atoms with van der Waals surface area (Å²) in [5.41, 5.74) is 3.78. The Labute approximate surface area is 145 Å². The van der Waals surface area contributed by atoms with Gasteiger partial charge in [-0.05, 0) is 49.2 Å². The summed E-state index contributed by atoms with van der Waals surface area (Å²) >= 11 is 0. The Balaban J connectivity index is 1.74. The number of ether oxygens (including phenoxy) is 2. The van der Waals surface area contributed by atoms with Crippen molar-refractivity contribution in [2.45, 2.75) is 13.8 Å². The number of rotatable bonds is 5. The number of nitrogens with one attached hydrogen (secondary N) is 1. The first-order chi connectivity index (χ1) is 12.0. The van der Waals surface area contributed by atoms with Crippen LogP contribution in [-0.4, -0.2) is 30.5 Å². The average molecular weight is 337 g/mol. The summed E-state index contributed by atoms with van der Waals surface area (Å²) in [6.07, 6.45) is 0. The zero-order valence-corrected chi connectivity index (χ0v) is 14.4. The van der Waals surface area contributed by atoms with Crippen LogP contribution in [-0.2, 0) is 4.74 Å². The van der Waals surface area contributed by atoms with Gasteiger partial charge in [-0.25, -0.2) is 4.79 Å². The van der Waals surface area contributed by atoms with Gasteiger partial charge < -0.3 is 14.5 Å². The standard InChI is InChI=1S/C20H19NO4/c1-12-8-13(2)15-10-17(21-16(15)9-12)20(23)25-11-18(22)14-6-4-5-7-19(14)24-3/h4-10,21H,11H2,1-3H3. The Morgan fingerprint density at radius 1 is 1.08 bits per heavy atom. The van der Waals surface area contributed by atoms with E-state index in [4.69, 9.17) is 9.47 Å². The lowest BCUT2D eigenvalue weighted by Crippen LogP contribution is -2.15. The normalized spacial score (nSPS) is 10.7. The number of hydrogen-bond donors (Lipinski definition) is 1. The Morgan fingerprint density at radius 3 is 2.60 bits per heavy atom. The highest BCUT2D eigenvalue weighted by Crippen LogP contribution is 2.22. The lowest BCUT2D eigenvalue weighted by Gasteiger charge is -2.07. The number of para-hydroxylation sites is 1. The van der Waals surface area contributed by atoms with Crippen LogP contribution in [0.4, 0.5) is 0 Å². The van der Waals surface area contributed by atoms with Gasteiger partial charge in [-0.15, -0.1) is 0 Å². The van der Waals surface area contributed by atoms with Crippen molar-refractivity contribution in [3.05, 3.63) is 64.8 Å². The minimum absolute atomic E-state index is 0.311. The number of esters is 1. The molecule has 3 rings (SSSR count). The third-order valence-corrected chi connectivity index (χ3v) is 4.05. The van der Waals surface area contributed by atoms with Gasteiger partial charge in [0.05, 0.1) is 12.7 Å². The molecule has 1 heterocycles. The second-order valence-electron chi connectivity index (χ2n) is 5.93. The number of hydrogen-bond acceptors (Lipinski definition) is 4. The van der Waals surface area contributed by atoms with Crippen molar-refractivity contribution in [3.63, 3.8) is 0 Å². The zero-order chi connectivity index (χ0) is 18.0. The summed E-state index contributed by atoms with van der Waals surface area (Å²) in [5, 5.41) is 0.966. The van der Waals surface area contributed by atoms with Crippen molar-refractivity contribution in [3.8, 4) is 5.75 Å². The number of aryl methyl sites for hydroxylation is 2. The molecule has 0 spiro atoms. The molecular weight excluding hydrogens is 318 g/mol. The fourth-order valence-corrected chi connectivity index (χ4v) is 2.87. The van der Waals surface area contributed by atoms with Gasteiger partial charge in [0.2, 0.25) is 5.78 Å². The second kappa shape index (κ2) is 6.81. The maximum Gasteiger partial charge on any atom is 0.355 e. The van der Waals surface area contributed by atoms with E-state index in [2.05, 4.69) is 11.1 Å². The first-order valence-electron chi connectivity index (χ1n) is 7.93. The molecule has 0 saturated carbocycles. The number of aromatic nitrogens is 1. The van der Waals surface area contributed by atoms with E-state index in [1.165, 1.54) is 7.11 Å². The zero-order valence-electron chi connectivity index (χ0n) is 14.4. The molecule has 0 amide bonds. The molecule has 3 aromatic rings. The first kappa shape index (κ1) is 16.8. The average Bonchev–Trinajstić information content (AvgIpc) is 3.03. The molecular formula is C20H19NO4. The van der Waals surface area contributed by atoms with Gasteiger partial charge in [0, 0.05) is 10.9 Å². The van der Waals surface area contributed by atoms with Crippen LogP contribution < -0.4 is 4.74 Å². The number of methoxy groups -OCH3 is 1. The number of carbonyl (C=O) groups is 2. The molecule has 0 aliphatic rings.